The summed E-state index contributed by atoms with van der Waals surface area (Å²) in [5.41, 5.74) is 0. The van der Waals surface area contributed by atoms with E-state index in [0.717, 1.165) is 0 Å². The zero-order valence-corrected chi connectivity index (χ0v) is 10.3. The van der Waals surface area contributed by atoms with Gasteiger partial charge in [0.05, 0.1) is 19.8 Å². The first-order valence-electron chi connectivity index (χ1n) is 5.52. The minimum atomic E-state index is -2.86. The molecule has 0 unspecified atom stereocenters. The molecule has 0 aromatic carbocycles. The van der Waals surface area contributed by atoms with Crippen LogP contribution in [0, 0.1) is 0 Å². The molecule has 1 fully saturated rings. The maximum absolute atomic E-state index is 12.0. The van der Waals surface area contributed by atoms with Crippen molar-refractivity contribution in [3.63, 3.8) is 0 Å². The molecule has 0 spiro atoms. The van der Waals surface area contributed by atoms with Crippen molar-refractivity contribution in [2.45, 2.75) is 19.3 Å². The van der Waals surface area contributed by atoms with Gasteiger partial charge in [-0.2, -0.15) is 0 Å². The predicted molar refractivity (Wildman–Crippen MR) is 56.4 cm³/mol. The Morgan fingerprint density at radius 3 is 1.00 bits per heavy atom. The summed E-state index contributed by atoms with van der Waals surface area (Å²) in [5.74, 6) is 0. The van der Waals surface area contributed by atoms with Crippen molar-refractivity contribution in [2.75, 3.05) is 19.8 Å². The van der Waals surface area contributed by atoms with E-state index in [1.54, 1.807) is 0 Å². The highest BCUT2D eigenvalue weighted by atomic mass is 19.3. The third kappa shape index (κ3) is 8.53. The Morgan fingerprint density at radius 1 is 0.571 bits per heavy atom. The molecule has 0 saturated carbocycles. The van der Waals surface area contributed by atoms with E-state index in [4.69, 9.17) is 0 Å². The van der Waals surface area contributed by atoms with Crippen LogP contribution in [0.2, 0.25) is 0 Å². The van der Waals surface area contributed by atoms with Crippen molar-refractivity contribution in [2.24, 2.45) is 0 Å². The molecular weight excluding hydrogens is 314 g/mol. The van der Waals surface area contributed by atoms with Gasteiger partial charge in [0.15, 0.2) is 0 Å². The fourth-order valence-electron chi connectivity index (χ4n) is 1.06. The summed E-state index contributed by atoms with van der Waals surface area (Å²) in [5, 5.41) is 0. The first-order chi connectivity index (χ1) is 9.86. The van der Waals surface area contributed by atoms with Gasteiger partial charge in [0.1, 0.15) is 0 Å². The Bertz CT molecular complexity index is 243. The molecule has 1 saturated heterocycles. The summed E-state index contributed by atoms with van der Waals surface area (Å²) >= 11 is 0. The molecule has 21 heavy (non-hydrogen) atoms. The Kier molecular flexibility index (Phi) is 8.43. The second-order valence-electron chi connectivity index (χ2n) is 3.45. The van der Waals surface area contributed by atoms with Crippen LogP contribution in [0.4, 0.5) is 26.3 Å². The maximum Gasteiger partial charge on any atom is 0.615 e. The molecule has 1 heterocycles. The van der Waals surface area contributed by atoms with E-state index in [-0.39, 0.29) is 0 Å². The fourth-order valence-corrected chi connectivity index (χ4v) is 1.06. The Hall–Kier alpha value is -0.465. The highest BCUT2D eigenvalue weighted by Crippen LogP contribution is 2.13. The van der Waals surface area contributed by atoms with Crippen LogP contribution in [0.5, 0.6) is 0 Å². The highest BCUT2D eigenvalue weighted by Gasteiger charge is 2.47. The van der Waals surface area contributed by atoms with Crippen LogP contribution < -0.4 is 0 Å². The van der Waals surface area contributed by atoms with Gasteiger partial charge in [0.2, 0.25) is 0 Å². The average Bonchev–Trinajstić information content (AvgIpc) is 2.40. The summed E-state index contributed by atoms with van der Waals surface area (Å²) < 4.78 is 98.8. The molecule has 15 heteroatoms. The number of hydrogen-bond donors (Lipinski definition) is 0. The quantitative estimate of drug-likeness (QED) is 0.463. The second kappa shape index (κ2) is 9.53. The van der Waals surface area contributed by atoms with E-state index < -0.39 is 61.1 Å². The zero-order chi connectivity index (χ0) is 15.8. The SMILES string of the molecule is FC(F)COB1OB(OCC(F)F)OB(OCC(F)F)O1. The average molecular weight is 324 g/mol. The van der Waals surface area contributed by atoms with Crippen molar-refractivity contribution in [1.82, 2.24) is 0 Å². The Labute approximate surface area is 116 Å². The molecule has 0 bridgehead atoms. The van der Waals surface area contributed by atoms with E-state index in [1.807, 2.05) is 0 Å². The van der Waals surface area contributed by atoms with Gasteiger partial charge in [-0.05, 0) is 0 Å². The molecular formula is C6H9B3F6O6. The third-order valence-corrected chi connectivity index (χ3v) is 1.74. The van der Waals surface area contributed by atoms with Crippen LogP contribution in [-0.4, -0.2) is 61.1 Å². The molecule has 0 amide bonds. The lowest BCUT2D eigenvalue weighted by Crippen LogP contribution is -2.53. The summed E-state index contributed by atoms with van der Waals surface area (Å²) in [6, 6.07) is 0. The molecule has 0 aromatic heterocycles. The van der Waals surface area contributed by atoms with Gasteiger partial charge in [-0.1, -0.05) is 0 Å². The van der Waals surface area contributed by atoms with E-state index in [0.29, 0.717) is 0 Å². The molecule has 0 atom stereocenters. The van der Waals surface area contributed by atoms with Crippen LogP contribution >= 0.6 is 0 Å². The van der Waals surface area contributed by atoms with Crippen molar-refractivity contribution < 1.29 is 54.0 Å². The van der Waals surface area contributed by atoms with Crippen molar-refractivity contribution in [3.05, 3.63) is 0 Å². The van der Waals surface area contributed by atoms with Gasteiger partial charge in [-0.3, -0.25) is 0 Å². The normalized spacial score (nSPS) is 16.7. The monoisotopic (exact) mass is 324 g/mol. The zero-order valence-electron chi connectivity index (χ0n) is 10.3. The van der Waals surface area contributed by atoms with E-state index in [2.05, 4.69) is 27.7 Å². The van der Waals surface area contributed by atoms with Gasteiger partial charge in [0, 0.05) is 0 Å². The maximum atomic E-state index is 12.0. The van der Waals surface area contributed by atoms with Gasteiger partial charge < -0.3 is 27.7 Å². The van der Waals surface area contributed by atoms with E-state index in [9.17, 15) is 26.3 Å². The largest absolute Gasteiger partial charge is 0.615 e. The lowest BCUT2D eigenvalue weighted by molar-refractivity contribution is 0.00186. The molecule has 0 radical (unpaired) electrons. The van der Waals surface area contributed by atoms with Gasteiger partial charge in [0.25, 0.3) is 19.3 Å². The first-order valence-corrected chi connectivity index (χ1v) is 5.52. The van der Waals surface area contributed by atoms with Crippen molar-refractivity contribution >= 4 is 22.0 Å². The van der Waals surface area contributed by atoms with E-state index >= 15 is 0 Å². The fraction of sp³-hybridized carbons (Fsp3) is 1.00. The summed E-state index contributed by atoms with van der Waals surface area (Å²) in [6.07, 6.45) is -8.58. The van der Waals surface area contributed by atoms with E-state index in [1.165, 1.54) is 0 Å². The summed E-state index contributed by atoms with van der Waals surface area (Å²) in [4.78, 5) is 0. The molecule has 0 N–H and O–H groups in total. The second-order valence-corrected chi connectivity index (χ2v) is 3.45. The van der Waals surface area contributed by atoms with Crippen molar-refractivity contribution in [3.8, 4) is 0 Å². The van der Waals surface area contributed by atoms with Gasteiger partial charge >= 0.3 is 22.0 Å². The van der Waals surface area contributed by atoms with Crippen LogP contribution in [0.3, 0.4) is 0 Å². The number of rotatable bonds is 9. The molecule has 1 aliphatic heterocycles. The van der Waals surface area contributed by atoms with Gasteiger partial charge in [-0.15, -0.1) is 0 Å². The molecule has 1 aliphatic rings. The predicted octanol–water partition coefficient (Wildman–Crippen LogP) is 0.850. The number of alkyl halides is 6. The molecule has 6 nitrogen and oxygen atoms in total. The minimum absolute atomic E-state index is 1.10. The van der Waals surface area contributed by atoms with Crippen LogP contribution in [0.1, 0.15) is 0 Å². The molecule has 120 valence electrons. The lowest BCUT2D eigenvalue weighted by atomic mass is 9.96. The topological polar surface area (TPSA) is 55.4 Å². The van der Waals surface area contributed by atoms with Gasteiger partial charge in [-0.25, -0.2) is 26.3 Å². The number of halogens is 6. The van der Waals surface area contributed by atoms with Crippen LogP contribution in [0.25, 0.3) is 0 Å². The van der Waals surface area contributed by atoms with Crippen LogP contribution in [0.15, 0.2) is 0 Å². The van der Waals surface area contributed by atoms with Crippen molar-refractivity contribution in [1.29, 1.82) is 0 Å². The smallest absolute Gasteiger partial charge is 0.400 e. The lowest BCUT2D eigenvalue weighted by Gasteiger charge is -2.27. The van der Waals surface area contributed by atoms with Crippen LogP contribution in [-0.2, 0) is 27.7 Å². The summed E-state index contributed by atoms with van der Waals surface area (Å²) in [7, 11) is -5.42. The molecule has 0 aromatic rings. The standard InChI is InChI=1S/C6H9B3F6O6/c10-4(11)1-16-7-19-8(17-2-5(12)13)21-9(20-7)18-3-6(14)15/h4-6H,1-3H2. The Balaban J connectivity index is 2.46. The summed E-state index contributed by atoms with van der Waals surface area (Å²) in [6.45, 7) is -3.31. The number of hydrogen-bond acceptors (Lipinski definition) is 6. The molecule has 0 aliphatic carbocycles. The Morgan fingerprint density at radius 2 is 0.810 bits per heavy atom. The highest BCUT2D eigenvalue weighted by molar-refractivity contribution is 6.66. The molecule has 1 rings (SSSR count). The minimum Gasteiger partial charge on any atom is -0.400 e. The first kappa shape index (κ1) is 18.6. The third-order valence-electron chi connectivity index (χ3n) is 1.74.